The van der Waals surface area contributed by atoms with Crippen LogP contribution in [0, 0.1) is 19.8 Å². The topological polar surface area (TPSA) is 67.2 Å². The number of amides is 1. The van der Waals surface area contributed by atoms with Gasteiger partial charge < -0.3 is 15.1 Å². The molecule has 1 fully saturated rings. The number of carbonyl (C=O) groups excluding carboxylic acids is 1. The quantitative estimate of drug-likeness (QED) is 0.806. The molecular formula is C12H19N3O2. The number of rotatable bonds is 2. The molecule has 2 unspecified atom stereocenters. The van der Waals surface area contributed by atoms with E-state index in [-0.39, 0.29) is 11.9 Å². The lowest BCUT2D eigenvalue weighted by Gasteiger charge is -2.29. The number of hydrogen-bond acceptors (Lipinski definition) is 4. The molecule has 2 rings (SSSR count). The fourth-order valence-electron chi connectivity index (χ4n) is 2.20. The minimum atomic E-state index is -0.151. The van der Waals surface area contributed by atoms with Crippen molar-refractivity contribution < 1.29 is 9.21 Å². The van der Waals surface area contributed by atoms with Crippen molar-refractivity contribution in [1.29, 1.82) is 0 Å². The summed E-state index contributed by atoms with van der Waals surface area (Å²) in [5.74, 6) is 1.16. The van der Waals surface area contributed by atoms with Crippen molar-refractivity contribution in [2.75, 3.05) is 13.1 Å². The molecule has 5 nitrogen and oxygen atoms in total. The summed E-state index contributed by atoms with van der Waals surface area (Å²) in [7, 11) is 0. The fraction of sp³-hybridized carbons (Fsp3) is 0.667. The van der Waals surface area contributed by atoms with Gasteiger partial charge in [-0.1, -0.05) is 6.92 Å². The second-order valence-corrected chi connectivity index (χ2v) is 4.70. The maximum absolute atomic E-state index is 12.0. The van der Waals surface area contributed by atoms with Crippen molar-refractivity contribution in [2.45, 2.75) is 33.2 Å². The monoisotopic (exact) mass is 237 g/mol. The summed E-state index contributed by atoms with van der Waals surface area (Å²) in [4.78, 5) is 16.1. The van der Waals surface area contributed by atoms with Crippen LogP contribution in [0.1, 0.15) is 35.5 Å². The molecule has 0 aliphatic carbocycles. The summed E-state index contributed by atoms with van der Waals surface area (Å²) in [6, 6.07) is 0.216. The maximum atomic E-state index is 12.0. The third-order valence-electron chi connectivity index (χ3n) is 3.21. The second-order valence-electron chi connectivity index (χ2n) is 4.70. The van der Waals surface area contributed by atoms with Crippen LogP contribution >= 0.6 is 0 Å². The molecule has 0 saturated carbocycles. The molecule has 1 aliphatic heterocycles. The van der Waals surface area contributed by atoms with Crippen LogP contribution in [-0.4, -0.2) is 30.0 Å². The first-order chi connectivity index (χ1) is 8.08. The zero-order valence-corrected chi connectivity index (χ0v) is 10.5. The number of oxazole rings is 1. The molecule has 1 amide bonds. The zero-order chi connectivity index (χ0) is 12.4. The molecule has 0 spiro atoms. The van der Waals surface area contributed by atoms with Crippen LogP contribution < -0.4 is 10.6 Å². The van der Waals surface area contributed by atoms with Gasteiger partial charge in [0.2, 0.25) is 5.76 Å². The van der Waals surface area contributed by atoms with Crippen molar-refractivity contribution in [1.82, 2.24) is 15.6 Å². The van der Waals surface area contributed by atoms with Crippen LogP contribution in [0.2, 0.25) is 0 Å². The maximum Gasteiger partial charge on any atom is 0.289 e. The first-order valence-electron chi connectivity index (χ1n) is 6.03. The Morgan fingerprint density at radius 1 is 1.53 bits per heavy atom. The molecule has 0 aromatic carbocycles. The molecule has 1 saturated heterocycles. The van der Waals surface area contributed by atoms with Gasteiger partial charge in [-0.3, -0.25) is 4.79 Å². The molecule has 17 heavy (non-hydrogen) atoms. The minimum absolute atomic E-state index is 0.151. The van der Waals surface area contributed by atoms with E-state index in [1.807, 2.05) is 0 Å². The van der Waals surface area contributed by atoms with E-state index in [0.717, 1.165) is 19.5 Å². The molecule has 0 radical (unpaired) electrons. The van der Waals surface area contributed by atoms with E-state index in [1.54, 1.807) is 13.8 Å². The Kier molecular flexibility index (Phi) is 3.47. The standard InChI is InChI=1S/C12H19N3O2/c1-7-6-13-5-4-10(7)15-12(16)11-8(2)14-9(3)17-11/h7,10,13H,4-6H2,1-3H3,(H,15,16). The van der Waals surface area contributed by atoms with Crippen molar-refractivity contribution in [3.63, 3.8) is 0 Å². The third kappa shape index (κ3) is 2.66. The predicted molar refractivity (Wildman–Crippen MR) is 63.9 cm³/mol. The highest BCUT2D eigenvalue weighted by molar-refractivity contribution is 5.92. The highest BCUT2D eigenvalue weighted by atomic mass is 16.4. The van der Waals surface area contributed by atoms with E-state index in [4.69, 9.17) is 4.42 Å². The summed E-state index contributed by atoms with van der Waals surface area (Å²) in [5.41, 5.74) is 0.654. The molecule has 2 atom stereocenters. The molecule has 1 aromatic heterocycles. The van der Waals surface area contributed by atoms with Gasteiger partial charge in [0.05, 0.1) is 5.69 Å². The number of carbonyl (C=O) groups is 1. The van der Waals surface area contributed by atoms with E-state index in [2.05, 4.69) is 22.5 Å². The molecule has 2 N–H and O–H groups in total. The van der Waals surface area contributed by atoms with Crippen LogP contribution in [0.3, 0.4) is 0 Å². The van der Waals surface area contributed by atoms with Gasteiger partial charge in [-0.05, 0) is 32.4 Å². The van der Waals surface area contributed by atoms with Crippen LogP contribution in [-0.2, 0) is 0 Å². The summed E-state index contributed by atoms with van der Waals surface area (Å²) in [6.45, 7) is 7.56. The van der Waals surface area contributed by atoms with Crippen molar-refractivity contribution in [3.8, 4) is 0 Å². The fourth-order valence-corrected chi connectivity index (χ4v) is 2.20. The lowest BCUT2D eigenvalue weighted by Crippen LogP contribution is -2.48. The summed E-state index contributed by atoms with van der Waals surface area (Å²) in [5, 5.41) is 6.33. The number of nitrogens with one attached hydrogen (secondary N) is 2. The van der Waals surface area contributed by atoms with Gasteiger partial charge in [-0.2, -0.15) is 0 Å². The average molecular weight is 237 g/mol. The Hall–Kier alpha value is -1.36. The number of aryl methyl sites for hydroxylation is 2. The van der Waals surface area contributed by atoms with E-state index in [0.29, 0.717) is 23.3 Å². The smallest absolute Gasteiger partial charge is 0.289 e. The van der Waals surface area contributed by atoms with Gasteiger partial charge in [0.25, 0.3) is 5.91 Å². The van der Waals surface area contributed by atoms with Crippen LogP contribution in [0.15, 0.2) is 4.42 Å². The Morgan fingerprint density at radius 2 is 2.29 bits per heavy atom. The summed E-state index contributed by atoms with van der Waals surface area (Å²) in [6.07, 6.45) is 0.957. The molecule has 1 aromatic rings. The van der Waals surface area contributed by atoms with Crippen LogP contribution in [0.4, 0.5) is 0 Å². The van der Waals surface area contributed by atoms with Crippen LogP contribution in [0.5, 0.6) is 0 Å². The lowest BCUT2D eigenvalue weighted by atomic mass is 9.95. The Balaban J connectivity index is 2.03. The highest BCUT2D eigenvalue weighted by Crippen LogP contribution is 2.13. The van der Waals surface area contributed by atoms with Gasteiger partial charge in [-0.25, -0.2) is 4.98 Å². The number of nitrogens with zero attached hydrogens (tertiary/aromatic N) is 1. The van der Waals surface area contributed by atoms with E-state index in [1.165, 1.54) is 0 Å². The summed E-state index contributed by atoms with van der Waals surface area (Å²) >= 11 is 0. The predicted octanol–water partition coefficient (Wildman–Crippen LogP) is 1.02. The lowest BCUT2D eigenvalue weighted by molar-refractivity contribution is 0.0883. The SMILES string of the molecule is Cc1nc(C)c(C(=O)NC2CCNCC2C)o1. The number of hydrogen-bond donors (Lipinski definition) is 2. The molecular weight excluding hydrogens is 218 g/mol. The largest absolute Gasteiger partial charge is 0.436 e. The van der Waals surface area contributed by atoms with Crippen LogP contribution in [0.25, 0.3) is 0 Å². The molecule has 1 aliphatic rings. The molecule has 2 heterocycles. The Labute approximate surface area is 101 Å². The first kappa shape index (κ1) is 12.1. The van der Waals surface area contributed by atoms with E-state index in [9.17, 15) is 4.79 Å². The minimum Gasteiger partial charge on any atom is -0.436 e. The zero-order valence-electron chi connectivity index (χ0n) is 10.5. The van der Waals surface area contributed by atoms with Gasteiger partial charge in [0.1, 0.15) is 0 Å². The highest BCUT2D eigenvalue weighted by Gasteiger charge is 2.25. The summed E-state index contributed by atoms with van der Waals surface area (Å²) < 4.78 is 5.31. The van der Waals surface area contributed by atoms with Gasteiger partial charge >= 0.3 is 0 Å². The van der Waals surface area contributed by atoms with E-state index < -0.39 is 0 Å². The average Bonchev–Trinajstić information content (AvgIpc) is 2.61. The van der Waals surface area contributed by atoms with Crippen molar-refractivity contribution in [3.05, 3.63) is 17.3 Å². The van der Waals surface area contributed by atoms with Gasteiger partial charge in [0, 0.05) is 13.0 Å². The Bertz CT molecular complexity index is 414. The molecule has 5 heteroatoms. The van der Waals surface area contributed by atoms with E-state index >= 15 is 0 Å². The van der Waals surface area contributed by atoms with Gasteiger partial charge in [-0.15, -0.1) is 0 Å². The molecule has 94 valence electrons. The number of piperidine rings is 1. The van der Waals surface area contributed by atoms with Crippen molar-refractivity contribution in [2.24, 2.45) is 5.92 Å². The normalized spacial score (nSPS) is 24.6. The third-order valence-corrected chi connectivity index (χ3v) is 3.21. The van der Waals surface area contributed by atoms with Gasteiger partial charge in [0.15, 0.2) is 5.89 Å². The molecule has 0 bridgehead atoms. The number of aromatic nitrogens is 1. The Morgan fingerprint density at radius 3 is 2.88 bits per heavy atom. The second kappa shape index (κ2) is 4.87. The first-order valence-corrected chi connectivity index (χ1v) is 6.03. The van der Waals surface area contributed by atoms with Crippen molar-refractivity contribution >= 4 is 5.91 Å².